The first kappa shape index (κ1) is 12.8. The second-order valence-electron chi connectivity index (χ2n) is 6.28. The SMILES string of the molecule is CN1CCN(C(=O)C(N)CC2CC2)CC1(C)C. The molecule has 1 aliphatic heterocycles. The van der Waals surface area contributed by atoms with Crippen molar-refractivity contribution >= 4 is 5.91 Å². The molecular weight excluding hydrogens is 214 g/mol. The van der Waals surface area contributed by atoms with Gasteiger partial charge in [-0.05, 0) is 33.2 Å². The second kappa shape index (κ2) is 4.58. The minimum Gasteiger partial charge on any atom is -0.338 e. The zero-order valence-electron chi connectivity index (χ0n) is 11.3. The van der Waals surface area contributed by atoms with Gasteiger partial charge in [-0.2, -0.15) is 0 Å². The number of carbonyl (C=O) groups excluding carboxylic acids is 1. The van der Waals surface area contributed by atoms with Crippen LogP contribution in [0.25, 0.3) is 0 Å². The van der Waals surface area contributed by atoms with Crippen molar-refractivity contribution in [3.8, 4) is 0 Å². The molecule has 0 bridgehead atoms. The van der Waals surface area contributed by atoms with Gasteiger partial charge in [0.1, 0.15) is 0 Å². The summed E-state index contributed by atoms with van der Waals surface area (Å²) < 4.78 is 0. The van der Waals surface area contributed by atoms with Crippen LogP contribution in [-0.4, -0.2) is 54.0 Å². The lowest BCUT2D eigenvalue weighted by Crippen LogP contribution is -2.61. The maximum atomic E-state index is 12.2. The zero-order valence-corrected chi connectivity index (χ0v) is 11.3. The van der Waals surface area contributed by atoms with Crippen molar-refractivity contribution in [3.05, 3.63) is 0 Å². The van der Waals surface area contributed by atoms with Crippen molar-refractivity contribution in [2.75, 3.05) is 26.7 Å². The van der Waals surface area contributed by atoms with Crippen molar-refractivity contribution in [1.82, 2.24) is 9.80 Å². The van der Waals surface area contributed by atoms with E-state index in [4.69, 9.17) is 5.73 Å². The third kappa shape index (κ3) is 2.99. The fourth-order valence-corrected chi connectivity index (χ4v) is 2.48. The molecule has 4 heteroatoms. The lowest BCUT2D eigenvalue weighted by molar-refractivity contribution is -0.137. The summed E-state index contributed by atoms with van der Waals surface area (Å²) in [5.74, 6) is 0.868. The predicted octanol–water partition coefficient (Wildman–Crippen LogP) is 0.666. The fraction of sp³-hybridized carbons (Fsp3) is 0.923. The van der Waals surface area contributed by atoms with Crippen molar-refractivity contribution in [3.63, 3.8) is 0 Å². The summed E-state index contributed by atoms with van der Waals surface area (Å²) in [5, 5.41) is 0. The van der Waals surface area contributed by atoms with Gasteiger partial charge in [-0.3, -0.25) is 9.69 Å². The highest BCUT2D eigenvalue weighted by Gasteiger charge is 2.36. The van der Waals surface area contributed by atoms with Gasteiger partial charge < -0.3 is 10.6 Å². The first-order valence-electron chi connectivity index (χ1n) is 6.66. The molecular formula is C13H25N3O. The molecule has 2 N–H and O–H groups in total. The third-order valence-electron chi connectivity index (χ3n) is 4.23. The summed E-state index contributed by atoms with van der Waals surface area (Å²) >= 11 is 0. The van der Waals surface area contributed by atoms with Crippen LogP contribution in [0.3, 0.4) is 0 Å². The molecule has 0 aromatic rings. The molecule has 2 aliphatic rings. The minimum atomic E-state index is -0.276. The van der Waals surface area contributed by atoms with Crippen molar-refractivity contribution in [1.29, 1.82) is 0 Å². The molecule has 98 valence electrons. The number of likely N-dealkylation sites (N-methyl/N-ethyl adjacent to an activating group) is 1. The first-order chi connectivity index (χ1) is 7.90. The highest BCUT2D eigenvalue weighted by molar-refractivity contribution is 5.81. The number of nitrogens with two attached hydrogens (primary N) is 1. The molecule has 1 atom stereocenters. The van der Waals surface area contributed by atoms with E-state index in [2.05, 4.69) is 25.8 Å². The lowest BCUT2D eigenvalue weighted by Gasteiger charge is -2.45. The number of rotatable bonds is 3. The monoisotopic (exact) mass is 239 g/mol. The molecule has 0 radical (unpaired) electrons. The molecule has 1 amide bonds. The molecule has 0 aromatic heterocycles. The predicted molar refractivity (Wildman–Crippen MR) is 68.6 cm³/mol. The Bertz CT molecular complexity index is 299. The molecule has 17 heavy (non-hydrogen) atoms. The smallest absolute Gasteiger partial charge is 0.239 e. The molecule has 1 saturated carbocycles. The van der Waals surface area contributed by atoms with Gasteiger partial charge in [0.25, 0.3) is 0 Å². The standard InChI is InChI=1S/C13H25N3O/c1-13(2)9-16(7-6-15(13)3)12(17)11(14)8-10-4-5-10/h10-11H,4-9,14H2,1-3H3. The molecule has 2 rings (SSSR count). The first-order valence-corrected chi connectivity index (χ1v) is 6.66. The molecule has 4 nitrogen and oxygen atoms in total. The molecule has 1 saturated heterocycles. The van der Waals surface area contributed by atoms with Crippen LogP contribution in [-0.2, 0) is 4.79 Å². The number of carbonyl (C=O) groups is 1. The van der Waals surface area contributed by atoms with E-state index >= 15 is 0 Å². The van der Waals surface area contributed by atoms with E-state index in [1.165, 1.54) is 12.8 Å². The molecule has 2 fully saturated rings. The number of amides is 1. The number of hydrogen-bond donors (Lipinski definition) is 1. The topological polar surface area (TPSA) is 49.6 Å². The summed E-state index contributed by atoms with van der Waals surface area (Å²) in [6.45, 7) is 6.91. The molecule has 0 aromatic carbocycles. The van der Waals surface area contributed by atoms with E-state index in [-0.39, 0.29) is 17.5 Å². The van der Waals surface area contributed by atoms with Crippen molar-refractivity contribution < 1.29 is 4.79 Å². The molecule has 0 spiro atoms. The summed E-state index contributed by atoms with van der Waals surface area (Å²) in [6.07, 6.45) is 3.40. The Balaban J connectivity index is 1.90. The average Bonchev–Trinajstić information content (AvgIpc) is 3.04. The normalized spacial score (nSPS) is 26.9. The van der Waals surface area contributed by atoms with Crippen molar-refractivity contribution in [2.24, 2.45) is 11.7 Å². The minimum absolute atomic E-state index is 0.0627. The molecule has 1 heterocycles. The van der Waals surface area contributed by atoms with E-state index < -0.39 is 0 Å². The van der Waals surface area contributed by atoms with Gasteiger partial charge in [-0.1, -0.05) is 12.8 Å². The van der Waals surface area contributed by atoms with E-state index in [9.17, 15) is 4.79 Å². The van der Waals surface area contributed by atoms with Crippen LogP contribution in [0.1, 0.15) is 33.1 Å². The van der Waals surface area contributed by atoms with E-state index in [0.717, 1.165) is 32.0 Å². The van der Waals surface area contributed by atoms with Crippen LogP contribution < -0.4 is 5.73 Å². The van der Waals surface area contributed by atoms with Gasteiger partial charge in [0.2, 0.25) is 5.91 Å². The van der Waals surface area contributed by atoms with Crippen LogP contribution >= 0.6 is 0 Å². The lowest BCUT2D eigenvalue weighted by atomic mass is 9.98. The van der Waals surface area contributed by atoms with Crippen LogP contribution in [0.15, 0.2) is 0 Å². The number of piperazine rings is 1. The maximum absolute atomic E-state index is 12.2. The number of nitrogens with zero attached hydrogens (tertiary/aromatic N) is 2. The summed E-state index contributed by atoms with van der Waals surface area (Å²) in [7, 11) is 2.12. The fourth-order valence-electron chi connectivity index (χ4n) is 2.48. The Kier molecular flexibility index (Phi) is 3.46. The quantitative estimate of drug-likeness (QED) is 0.787. The van der Waals surface area contributed by atoms with E-state index in [1.807, 2.05) is 4.90 Å². The highest BCUT2D eigenvalue weighted by atomic mass is 16.2. The van der Waals surface area contributed by atoms with Gasteiger partial charge >= 0.3 is 0 Å². The Morgan fingerprint density at radius 2 is 2.06 bits per heavy atom. The van der Waals surface area contributed by atoms with Gasteiger partial charge in [-0.15, -0.1) is 0 Å². The summed E-state index contributed by atoms with van der Waals surface area (Å²) in [5.41, 5.74) is 6.07. The Labute approximate surface area is 104 Å². The Hall–Kier alpha value is -0.610. The van der Waals surface area contributed by atoms with Gasteiger partial charge in [-0.25, -0.2) is 0 Å². The average molecular weight is 239 g/mol. The number of hydrogen-bond acceptors (Lipinski definition) is 3. The molecule has 1 aliphatic carbocycles. The van der Waals surface area contributed by atoms with Gasteiger partial charge in [0.05, 0.1) is 6.04 Å². The third-order valence-corrected chi connectivity index (χ3v) is 4.23. The van der Waals surface area contributed by atoms with Gasteiger partial charge in [0.15, 0.2) is 0 Å². The molecule has 1 unspecified atom stereocenters. The Morgan fingerprint density at radius 1 is 1.41 bits per heavy atom. The largest absolute Gasteiger partial charge is 0.338 e. The highest BCUT2D eigenvalue weighted by Crippen LogP contribution is 2.33. The van der Waals surface area contributed by atoms with Gasteiger partial charge in [0, 0.05) is 25.2 Å². The van der Waals surface area contributed by atoms with E-state index in [0.29, 0.717) is 0 Å². The van der Waals surface area contributed by atoms with Crippen LogP contribution in [0.4, 0.5) is 0 Å². The van der Waals surface area contributed by atoms with E-state index in [1.54, 1.807) is 0 Å². The maximum Gasteiger partial charge on any atom is 0.239 e. The Morgan fingerprint density at radius 3 is 2.59 bits per heavy atom. The zero-order chi connectivity index (χ0) is 12.6. The van der Waals surface area contributed by atoms with Crippen molar-refractivity contribution in [2.45, 2.75) is 44.7 Å². The van der Waals surface area contributed by atoms with Crippen LogP contribution in [0, 0.1) is 5.92 Å². The van der Waals surface area contributed by atoms with Crippen LogP contribution in [0.5, 0.6) is 0 Å². The second-order valence-corrected chi connectivity index (χ2v) is 6.28. The van der Waals surface area contributed by atoms with Crippen LogP contribution in [0.2, 0.25) is 0 Å². The summed E-state index contributed by atoms with van der Waals surface area (Å²) in [4.78, 5) is 16.5. The summed E-state index contributed by atoms with van der Waals surface area (Å²) in [6, 6.07) is -0.276.